The molecule has 0 fully saturated rings. The summed E-state index contributed by atoms with van der Waals surface area (Å²) in [5.74, 6) is 3.19. The minimum atomic E-state index is -0.377. The van der Waals surface area contributed by atoms with Gasteiger partial charge >= 0.3 is 0 Å². The lowest BCUT2D eigenvalue weighted by molar-refractivity contribution is 0.0736. The van der Waals surface area contributed by atoms with E-state index < -0.39 is 0 Å². The molecule has 0 saturated carbocycles. The summed E-state index contributed by atoms with van der Waals surface area (Å²) in [5.41, 5.74) is 10.5. The van der Waals surface area contributed by atoms with Gasteiger partial charge in [-0.05, 0) is 177 Å². The number of ether oxygens (including phenoxy) is 6. The molecule has 15 nitrogen and oxygen atoms in total. The highest BCUT2D eigenvalue weighted by molar-refractivity contribution is 9.10. The number of pyridine rings is 3. The highest BCUT2D eigenvalue weighted by atomic mass is 79.9. The second-order valence-electron chi connectivity index (χ2n) is 24.2. The molecule has 0 saturated heterocycles. The zero-order valence-corrected chi connectivity index (χ0v) is 61.9. The third-order valence-electron chi connectivity index (χ3n) is 16.7. The Balaban J connectivity index is 0.000000169. The summed E-state index contributed by atoms with van der Waals surface area (Å²) in [6.45, 7) is 4.09. The van der Waals surface area contributed by atoms with Crippen LogP contribution in [0.3, 0.4) is 0 Å². The Kier molecular flexibility index (Phi) is 29.3. The summed E-state index contributed by atoms with van der Waals surface area (Å²) >= 11 is 6.99. The summed E-state index contributed by atoms with van der Waals surface area (Å²) in [5, 5.41) is 0. The van der Waals surface area contributed by atoms with Crippen LogP contribution in [0, 0.1) is 5.82 Å². The largest absolute Gasteiger partial charge is 0.493 e. The Morgan fingerprint density at radius 2 is 0.705 bits per heavy atom. The van der Waals surface area contributed by atoms with E-state index in [1.54, 1.807) is 44.8 Å². The molecule has 18 heteroatoms. The van der Waals surface area contributed by atoms with E-state index in [1.807, 2.05) is 259 Å². The molecule has 12 aromatic rings. The molecular formula is C87H81Br2FN6O9. The zero-order chi connectivity index (χ0) is 73.4. The van der Waals surface area contributed by atoms with Gasteiger partial charge in [0.15, 0.2) is 34.5 Å². The predicted octanol–water partition coefficient (Wildman–Crippen LogP) is 18.3. The molecule has 0 atom stereocenters. The van der Waals surface area contributed by atoms with E-state index in [0.717, 1.165) is 59.4 Å². The first-order valence-corrected chi connectivity index (χ1v) is 35.8. The number of hydrogen-bond acceptors (Lipinski definition) is 12. The van der Waals surface area contributed by atoms with Crippen molar-refractivity contribution < 1.29 is 47.2 Å². The van der Waals surface area contributed by atoms with E-state index in [9.17, 15) is 18.8 Å². The third kappa shape index (κ3) is 23.8. The average Bonchev–Trinajstić information content (AvgIpc) is 0.840. The number of amides is 3. The molecule has 534 valence electrons. The zero-order valence-electron chi connectivity index (χ0n) is 58.7. The molecule has 12 rings (SSSR count). The van der Waals surface area contributed by atoms with Crippen LogP contribution in [0.15, 0.2) is 301 Å². The van der Waals surface area contributed by atoms with Crippen LogP contribution in [0.4, 0.5) is 4.39 Å². The van der Waals surface area contributed by atoms with E-state index in [2.05, 4.69) is 46.8 Å². The van der Waals surface area contributed by atoms with Crippen LogP contribution < -0.4 is 28.4 Å². The van der Waals surface area contributed by atoms with Gasteiger partial charge in [-0.25, -0.2) is 4.39 Å². The fourth-order valence-corrected chi connectivity index (χ4v) is 12.0. The van der Waals surface area contributed by atoms with Gasteiger partial charge in [-0.1, -0.05) is 162 Å². The van der Waals surface area contributed by atoms with Gasteiger partial charge in [-0.2, -0.15) is 0 Å². The summed E-state index contributed by atoms with van der Waals surface area (Å²) in [6.07, 6.45) is 7.20. The van der Waals surface area contributed by atoms with Gasteiger partial charge in [0, 0.05) is 114 Å². The Morgan fingerprint density at radius 1 is 0.343 bits per heavy atom. The number of rotatable bonds is 30. The van der Waals surface area contributed by atoms with Crippen molar-refractivity contribution in [1.82, 2.24) is 29.7 Å². The van der Waals surface area contributed by atoms with Crippen LogP contribution in [0.2, 0.25) is 0 Å². The van der Waals surface area contributed by atoms with Gasteiger partial charge in [-0.15, -0.1) is 0 Å². The number of aromatic nitrogens is 3. The van der Waals surface area contributed by atoms with Crippen molar-refractivity contribution >= 4 is 49.6 Å². The van der Waals surface area contributed by atoms with Crippen molar-refractivity contribution in [2.24, 2.45) is 0 Å². The number of nitrogens with zero attached hydrogens (tertiary/aromatic N) is 6. The number of halogens is 3. The summed E-state index contributed by atoms with van der Waals surface area (Å²) in [7, 11) is 4.84. The Labute approximate surface area is 630 Å². The van der Waals surface area contributed by atoms with E-state index in [-0.39, 0.29) is 23.5 Å². The normalized spacial score (nSPS) is 10.6. The maximum absolute atomic E-state index is 13.5. The molecule has 3 amide bonds. The Morgan fingerprint density at radius 3 is 1.07 bits per heavy atom. The number of carbonyl (C=O) groups excluding carboxylic acids is 3. The monoisotopic (exact) mass is 1530 g/mol. The van der Waals surface area contributed by atoms with Crippen LogP contribution in [-0.2, 0) is 58.7 Å². The number of hydrogen-bond donors (Lipinski definition) is 0. The second kappa shape index (κ2) is 40.4. The summed E-state index contributed by atoms with van der Waals surface area (Å²) in [6, 6.07) is 85.1. The summed E-state index contributed by atoms with van der Waals surface area (Å²) in [4.78, 5) is 58.8. The van der Waals surface area contributed by atoms with Crippen LogP contribution in [0.25, 0.3) is 0 Å². The molecule has 0 aliphatic carbocycles. The second-order valence-corrected chi connectivity index (χ2v) is 25.9. The number of methoxy groups -OCH3 is 3. The molecular weight excluding hydrogens is 1450 g/mol. The van der Waals surface area contributed by atoms with Crippen LogP contribution >= 0.6 is 31.9 Å². The SMILES string of the molecule is COc1cc(CN(CCc2ccccn2)C(=O)c2ccc(F)cc2)ccc1OCc1ccccc1.COc1cc(CN(CCc2ccccn2)C(=O)c2cccc(Br)c2)ccc1OCc1ccccc1.COc1cc(CN(CCc2ccccn2)C(=O)c2ccccc2Br)ccc1OCc1ccccc1. The van der Waals surface area contributed by atoms with E-state index in [0.29, 0.717) is 130 Å². The van der Waals surface area contributed by atoms with Crippen molar-refractivity contribution in [2.75, 3.05) is 41.0 Å². The highest BCUT2D eigenvalue weighted by Crippen LogP contribution is 2.33. The standard InChI is InChI=1S/2C29H27BrN2O3.C29H27FN2O3/c1-34-28-19-23(14-15-27(28)35-21-22-9-3-2-4-10-22)20-32(18-16-24-11-7-8-17-31-24)29(33)25-12-5-6-13-26(25)30;1-34-28-18-23(13-14-27(28)35-21-22-8-3-2-4-9-22)20-32(17-15-26-12-5-6-16-31-26)29(33)24-10-7-11-25(30)19-24;1-34-28-19-23(10-15-27(28)35-21-22-7-3-2-4-8-22)20-32(18-16-26-9-5-6-17-31-26)29(33)24-11-13-25(30)14-12-24/h2-15,17,19H,16,18,20-21H2,1H3;2-14,16,18-19H,15,17,20-21H2,1H3;2-15,17,19H,16,18,20-21H2,1H3. The van der Waals surface area contributed by atoms with E-state index >= 15 is 0 Å². The van der Waals surface area contributed by atoms with Gasteiger partial charge in [0.2, 0.25) is 0 Å². The van der Waals surface area contributed by atoms with E-state index in [4.69, 9.17) is 28.4 Å². The van der Waals surface area contributed by atoms with Crippen molar-refractivity contribution in [1.29, 1.82) is 0 Å². The molecule has 9 aromatic carbocycles. The highest BCUT2D eigenvalue weighted by Gasteiger charge is 2.23. The molecule has 0 bridgehead atoms. The maximum atomic E-state index is 13.5. The predicted molar refractivity (Wildman–Crippen MR) is 414 cm³/mol. The molecule has 3 aromatic heterocycles. The molecule has 0 N–H and O–H groups in total. The van der Waals surface area contributed by atoms with Gasteiger partial charge in [0.25, 0.3) is 17.7 Å². The maximum Gasteiger partial charge on any atom is 0.255 e. The van der Waals surface area contributed by atoms with Crippen LogP contribution in [0.1, 0.15) is 81.5 Å². The first-order chi connectivity index (χ1) is 51.4. The van der Waals surface area contributed by atoms with Crippen molar-refractivity contribution in [2.45, 2.75) is 58.7 Å². The van der Waals surface area contributed by atoms with Crippen molar-refractivity contribution in [3.05, 3.63) is 373 Å². The molecule has 0 aliphatic rings. The number of benzene rings is 9. The lowest BCUT2D eigenvalue weighted by Crippen LogP contribution is -2.33. The fourth-order valence-electron chi connectivity index (χ4n) is 11.2. The lowest BCUT2D eigenvalue weighted by atomic mass is 10.1. The first kappa shape index (κ1) is 76.2. The van der Waals surface area contributed by atoms with Gasteiger partial charge in [0.1, 0.15) is 25.6 Å². The molecule has 105 heavy (non-hydrogen) atoms. The molecule has 0 unspecified atom stereocenters. The van der Waals surface area contributed by atoms with Gasteiger partial charge in [-0.3, -0.25) is 29.3 Å². The molecule has 3 heterocycles. The van der Waals surface area contributed by atoms with Crippen LogP contribution in [-0.4, -0.2) is 88.3 Å². The first-order valence-electron chi connectivity index (χ1n) is 34.2. The minimum Gasteiger partial charge on any atom is -0.493 e. The topological polar surface area (TPSA) is 155 Å². The Bertz CT molecular complexity index is 4670. The summed E-state index contributed by atoms with van der Waals surface area (Å²) < 4.78 is 49.8. The van der Waals surface area contributed by atoms with Gasteiger partial charge in [0.05, 0.1) is 26.9 Å². The Hall–Kier alpha value is -11.5. The van der Waals surface area contributed by atoms with Crippen molar-refractivity contribution in [3.63, 3.8) is 0 Å². The molecule has 0 radical (unpaired) electrons. The quantitative estimate of drug-likeness (QED) is 0.0421. The van der Waals surface area contributed by atoms with E-state index in [1.165, 1.54) is 24.3 Å². The minimum absolute atomic E-state index is 0.0365. The van der Waals surface area contributed by atoms with Crippen molar-refractivity contribution in [3.8, 4) is 34.5 Å². The average molecular weight is 1530 g/mol. The van der Waals surface area contributed by atoms with Gasteiger partial charge < -0.3 is 43.1 Å². The third-order valence-corrected chi connectivity index (χ3v) is 17.9. The number of carbonyl (C=O) groups is 3. The lowest BCUT2D eigenvalue weighted by Gasteiger charge is -2.24. The molecule has 0 aliphatic heterocycles. The smallest absolute Gasteiger partial charge is 0.255 e. The van der Waals surface area contributed by atoms with Crippen LogP contribution in [0.5, 0.6) is 34.5 Å². The molecule has 0 spiro atoms. The fraction of sp³-hybridized carbons (Fsp3) is 0.172.